The van der Waals surface area contributed by atoms with E-state index in [9.17, 15) is 14.7 Å². The number of benzene rings is 1. The Morgan fingerprint density at radius 1 is 1.23 bits per heavy atom. The quantitative estimate of drug-likeness (QED) is 0.382. The van der Waals surface area contributed by atoms with Crippen LogP contribution in [0.3, 0.4) is 0 Å². The molecule has 166 valence electrons. The Bertz CT molecular complexity index is 1050. The number of ether oxygens (including phenoxy) is 2. The summed E-state index contributed by atoms with van der Waals surface area (Å²) in [6.07, 6.45) is 0. The summed E-state index contributed by atoms with van der Waals surface area (Å²) in [6, 6.07) is 4.24. The van der Waals surface area contributed by atoms with Crippen molar-refractivity contribution in [1.29, 1.82) is 0 Å². The molecule has 1 unspecified atom stereocenters. The number of carbonyl (C=O) groups is 2. The van der Waals surface area contributed by atoms with Crippen molar-refractivity contribution >= 4 is 40.4 Å². The summed E-state index contributed by atoms with van der Waals surface area (Å²) in [5.74, 6) is -1.06. The molecule has 31 heavy (non-hydrogen) atoms. The number of aryl methyl sites for hydroxylation is 1. The Morgan fingerprint density at radius 3 is 2.45 bits per heavy atom. The topological polar surface area (TPSA) is 79.3 Å². The van der Waals surface area contributed by atoms with Crippen LogP contribution in [0, 0.1) is 6.92 Å². The van der Waals surface area contributed by atoms with Crippen molar-refractivity contribution in [2.45, 2.75) is 13.0 Å². The Balaban J connectivity index is 2.22. The molecule has 0 saturated carbocycles. The van der Waals surface area contributed by atoms with Gasteiger partial charge in [0.1, 0.15) is 17.3 Å². The molecule has 1 aliphatic heterocycles. The molecule has 1 atom stereocenters. The van der Waals surface area contributed by atoms with Gasteiger partial charge in [-0.3, -0.25) is 9.59 Å². The molecule has 1 aromatic heterocycles. The van der Waals surface area contributed by atoms with E-state index in [1.165, 1.54) is 42.6 Å². The van der Waals surface area contributed by atoms with Gasteiger partial charge in [-0.25, -0.2) is 0 Å². The molecule has 0 spiro atoms. The number of methoxy groups -OCH3 is 2. The lowest BCUT2D eigenvalue weighted by Gasteiger charge is -2.26. The van der Waals surface area contributed by atoms with Crippen LogP contribution in [0.5, 0.6) is 11.5 Å². The number of amides is 1. The minimum Gasteiger partial charge on any atom is -0.507 e. The average Bonchev–Trinajstić information content (AvgIpc) is 3.26. The molecule has 1 fully saturated rings. The molecule has 2 heterocycles. The molecule has 0 radical (unpaired) electrons. The number of hydrogen-bond donors (Lipinski definition) is 1. The first-order valence-electron chi connectivity index (χ1n) is 9.60. The number of rotatable bonds is 7. The molecule has 1 saturated heterocycles. The fourth-order valence-electron chi connectivity index (χ4n) is 3.55. The molecular weight excluding hydrogens is 440 g/mol. The number of hydrogen-bond acceptors (Lipinski definition) is 7. The number of ketones is 1. The number of nitrogens with zero attached hydrogens (tertiary/aromatic N) is 2. The number of carbonyl (C=O) groups excluding carboxylic acids is 2. The fraction of sp³-hybridized carbons (Fsp3) is 0.364. The standard InChI is InChI=1S/C22H25ClN2O5S/c1-12-6-9-31-21(12)18-17(20(27)22(28)25(18)8-7-24(2)3)19(26)13-10-14(23)16(30-5)11-15(13)29-4/h6,9-11,18,26H,7-8H2,1-5H3/b19-17+. The lowest BCUT2D eigenvalue weighted by molar-refractivity contribution is -0.140. The van der Waals surface area contributed by atoms with Crippen molar-refractivity contribution in [3.63, 3.8) is 0 Å². The summed E-state index contributed by atoms with van der Waals surface area (Å²) < 4.78 is 10.6. The van der Waals surface area contributed by atoms with Gasteiger partial charge in [0.25, 0.3) is 11.7 Å². The minimum atomic E-state index is -0.733. The van der Waals surface area contributed by atoms with Crippen LogP contribution >= 0.6 is 22.9 Å². The van der Waals surface area contributed by atoms with Gasteiger partial charge in [0.15, 0.2) is 0 Å². The van der Waals surface area contributed by atoms with E-state index in [2.05, 4.69) is 0 Å². The second kappa shape index (κ2) is 9.30. The van der Waals surface area contributed by atoms with Crippen LogP contribution < -0.4 is 9.47 Å². The van der Waals surface area contributed by atoms with Crippen LogP contribution in [0.4, 0.5) is 0 Å². The first-order chi connectivity index (χ1) is 14.7. The SMILES string of the molecule is COc1cc(OC)c(/C(O)=C2\C(=O)C(=O)N(CCN(C)C)C2c2sccc2C)cc1Cl. The third-order valence-electron chi connectivity index (χ3n) is 5.21. The van der Waals surface area contributed by atoms with Gasteiger partial charge >= 0.3 is 0 Å². The third-order valence-corrected chi connectivity index (χ3v) is 6.57. The van der Waals surface area contributed by atoms with Crippen LogP contribution in [0.25, 0.3) is 5.76 Å². The average molecular weight is 465 g/mol. The lowest BCUT2D eigenvalue weighted by atomic mass is 9.98. The Morgan fingerprint density at radius 2 is 1.90 bits per heavy atom. The number of Topliss-reactive ketones (excluding diaryl/α,β-unsaturated/α-hetero) is 1. The summed E-state index contributed by atoms with van der Waals surface area (Å²) >= 11 is 7.71. The molecule has 2 aromatic rings. The zero-order valence-corrected chi connectivity index (χ0v) is 19.6. The first-order valence-corrected chi connectivity index (χ1v) is 10.9. The van der Waals surface area contributed by atoms with Gasteiger partial charge in [-0.15, -0.1) is 11.3 Å². The van der Waals surface area contributed by atoms with Crippen molar-refractivity contribution in [3.8, 4) is 11.5 Å². The van der Waals surface area contributed by atoms with Gasteiger partial charge in [0, 0.05) is 24.0 Å². The van der Waals surface area contributed by atoms with Crippen molar-refractivity contribution in [2.24, 2.45) is 0 Å². The molecule has 1 aromatic carbocycles. The van der Waals surface area contributed by atoms with E-state index in [0.717, 1.165) is 10.4 Å². The molecule has 1 amide bonds. The summed E-state index contributed by atoms with van der Waals surface area (Å²) in [6.45, 7) is 2.84. The highest BCUT2D eigenvalue weighted by Gasteiger charge is 2.47. The van der Waals surface area contributed by atoms with Crippen LogP contribution in [-0.2, 0) is 9.59 Å². The van der Waals surface area contributed by atoms with Gasteiger partial charge in [-0.2, -0.15) is 0 Å². The highest BCUT2D eigenvalue weighted by molar-refractivity contribution is 7.10. The number of halogens is 1. The lowest BCUT2D eigenvalue weighted by Crippen LogP contribution is -2.35. The number of aliphatic hydroxyl groups excluding tert-OH is 1. The van der Waals surface area contributed by atoms with Crippen LogP contribution in [-0.4, -0.2) is 68.0 Å². The summed E-state index contributed by atoms with van der Waals surface area (Å²) in [5, 5.41) is 13.4. The number of likely N-dealkylation sites (tertiary alicyclic amines) is 1. The van der Waals surface area contributed by atoms with Crippen molar-refractivity contribution < 1.29 is 24.2 Å². The fourth-order valence-corrected chi connectivity index (χ4v) is 4.83. The molecule has 0 aliphatic carbocycles. The van der Waals surface area contributed by atoms with Gasteiger partial charge < -0.3 is 24.4 Å². The largest absolute Gasteiger partial charge is 0.507 e. The molecule has 9 heteroatoms. The number of aliphatic hydroxyl groups is 1. The zero-order chi connectivity index (χ0) is 22.9. The maximum absolute atomic E-state index is 13.1. The predicted octanol–water partition coefficient (Wildman–Crippen LogP) is 3.71. The van der Waals surface area contributed by atoms with Crippen LogP contribution in [0.2, 0.25) is 5.02 Å². The van der Waals surface area contributed by atoms with Gasteiger partial charge in [-0.05, 0) is 44.1 Å². The van der Waals surface area contributed by atoms with E-state index in [0.29, 0.717) is 18.8 Å². The van der Waals surface area contributed by atoms with Gasteiger partial charge in [0.05, 0.1) is 36.4 Å². The summed E-state index contributed by atoms with van der Waals surface area (Å²) in [4.78, 5) is 30.3. The second-order valence-electron chi connectivity index (χ2n) is 7.45. The zero-order valence-electron chi connectivity index (χ0n) is 18.1. The Labute approximate surface area is 190 Å². The number of thiophene rings is 1. The normalized spacial score (nSPS) is 18.2. The van der Waals surface area contributed by atoms with Crippen LogP contribution in [0.15, 0.2) is 29.2 Å². The molecule has 1 N–H and O–H groups in total. The number of likely N-dealkylation sites (N-methyl/N-ethyl adjacent to an activating group) is 1. The Kier molecular flexibility index (Phi) is 6.93. The maximum Gasteiger partial charge on any atom is 0.295 e. The van der Waals surface area contributed by atoms with Gasteiger partial charge in [0.2, 0.25) is 0 Å². The van der Waals surface area contributed by atoms with E-state index in [1.807, 2.05) is 37.4 Å². The van der Waals surface area contributed by atoms with E-state index in [-0.39, 0.29) is 27.7 Å². The Hall–Kier alpha value is -2.55. The van der Waals surface area contributed by atoms with E-state index in [1.54, 1.807) is 0 Å². The molecule has 3 rings (SSSR count). The minimum absolute atomic E-state index is 0.0221. The maximum atomic E-state index is 13.1. The third kappa shape index (κ3) is 4.28. The van der Waals surface area contributed by atoms with Crippen molar-refractivity contribution in [2.75, 3.05) is 41.4 Å². The predicted molar refractivity (Wildman–Crippen MR) is 121 cm³/mol. The smallest absolute Gasteiger partial charge is 0.295 e. The summed E-state index contributed by atoms with van der Waals surface area (Å²) in [7, 11) is 6.70. The molecule has 0 bridgehead atoms. The molecular formula is C22H25ClN2O5S. The molecule has 7 nitrogen and oxygen atoms in total. The highest BCUT2D eigenvalue weighted by atomic mass is 35.5. The molecule has 1 aliphatic rings. The van der Waals surface area contributed by atoms with Crippen molar-refractivity contribution in [3.05, 3.63) is 50.2 Å². The van der Waals surface area contributed by atoms with Gasteiger partial charge in [-0.1, -0.05) is 11.6 Å². The van der Waals surface area contributed by atoms with Crippen LogP contribution in [0.1, 0.15) is 22.0 Å². The van der Waals surface area contributed by atoms with E-state index < -0.39 is 17.7 Å². The highest BCUT2D eigenvalue weighted by Crippen LogP contribution is 2.44. The van der Waals surface area contributed by atoms with E-state index >= 15 is 0 Å². The summed E-state index contributed by atoms with van der Waals surface area (Å²) in [5.41, 5.74) is 1.18. The monoisotopic (exact) mass is 464 g/mol. The van der Waals surface area contributed by atoms with E-state index in [4.69, 9.17) is 21.1 Å². The second-order valence-corrected chi connectivity index (χ2v) is 8.81. The van der Waals surface area contributed by atoms with Crippen molar-refractivity contribution in [1.82, 2.24) is 9.80 Å². The first kappa shape index (κ1) is 23.1.